The standard InChI is InChI=1S/C19H21BrN2O2/c20-17-6-8-18(9-7-17)22-11-10-16(13-22)12-21-19(23)24-14-15-4-2-1-3-5-15/h1-9,16H,10-14H2,(H,21,23). The minimum absolute atomic E-state index is 0.308. The van der Waals surface area contributed by atoms with Gasteiger partial charge in [-0.15, -0.1) is 0 Å². The predicted octanol–water partition coefficient (Wildman–Crippen LogP) is 4.20. The fourth-order valence-corrected chi connectivity index (χ4v) is 3.15. The first-order chi connectivity index (χ1) is 11.7. The Morgan fingerprint density at radius 3 is 2.67 bits per heavy atom. The van der Waals surface area contributed by atoms with Crippen LogP contribution in [0, 0.1) is 5.92 Å². The zero-order valence-corrected chi connectivity index (χ0v) is 15.0. The summed E-state index contributed by atoms with van der Waals surface area (Å²) in [5, 5.41) is 2.88. The third-order valence-corrected chi connectivity index (χ3v) is 4.75. The van der Waals surface area contributed by atoms with Crippen LogP contribution in [0.2, 0.25) is 0 Å². The van der Waals surface area contributed by atoms with Gasteiger partial charge in [0.05, 0.1) is 0 Å². The van der Waals surface area contributed by atoms with Crippen LogP contribution in [-0.4, -0.2) is 25.7 Å². The molecular formula is C19H21BrN2O2. The van der Waals surface area contributed by atoms with Gasteiger partial charge < -0.3 is 15.0 Å². The Morgan fingerprint density at radius 2 is 1.92 bits per heavy atom. The smallest absolute Gasteiger partial charge is 0.407 e. The van der Waals surface area contributed by atoms with E-state index in [1.54, 1.807) is 0 Å². The quantitative estimate of drug-likeness (QED) is 0.834. The van der Waals surface area contributed by atoms with Crippen molar-refractivity contribution < 1.29 is 9.53 Å². The van der Waals surface area contributed by atoms with Crippen molar-refractivity contribution in [2.75, 3.05) is 24.5 Å². The van der Waals surface area contributed by atoms with Crippen LogP contribution >= 0.6 is 15.9 Å². The van der Waals surface area contributed by atoms with Crippen LogP contribution < -0.4 is 10.2 Å². The first kappa shape index (κ1) is 16.8. The van der Waals surface area contributed by atoms with E-state index in [0.29, 0.717) is 19.1 Å². The Balaban J connectivity index is 1.39. The van der Waals surface area contributed by atoms with E-state index < -0.39 is 0 Å². The van der Waals surface area contributed by atoms with E-state index >= 15 is 0 Å². The topological polar surface area (TPSA) is 41.6 Å². The van der Waals surface area contributed by atoms with Crippen LogP contribution in [0.15, 0.2) is 59.1 Å². The minimum Gasteiger partial charge on any atom is -0.445 e. The summed E-state index contributed by atoms with van der Waals surface area (Å²) in [5.74, 6) is 0.456. The number of rotatable bonds is 5. The molecule has 4 nitrogen and oxygen atoms in total. The summed E-state index contributed by atoms with van der Waals surface area (Å²) in [6.45, 7) is 2.94. The number of benzene rings is 2. The van der Waals surface area contributed by atoms with Gasteiger partial charge in [0.25, 0.3) is 0 Å². The lowest BCUT2D eigenvalue weighted by Gasteiger charge is -2.19. The molecule has 1 aliphatic heterocycles. The molecule has 1 atom stereocenters. The van der Waals surface area contributed by atoms with E-state index in [9.17, 15) is 4.79 Å². The summed E-state index contributed by atoms with van der Waals surface area (Å²) >= 11 is 3.46. The molecular weight excluding hydrogens is 368 g/mol. The highest BCUT2D eigenvalue weighted by Gasteiger charge is 2.23. The van der Waals surface area contributed by atoms with Gasteiger partial charge in [-0.2, -0.15) is 0 Å². The van der Waals surface area contributed by atoms with Crippen LogP contribution in [0.3, 0.4) is 0 Å². The van der Waals surface area contributed by atoms with Gasteiger partial charge in [-0.25, -0.2) is 4.79 Å². The molecule has 0 aliphatic carbocycles. The Hall–Kier alpha value is -2.01. The number of nitrogens with one attached hydrogen (secondary N) is 1. The lowest BCUT2D eigenvalue weighted by molar-refractivity contribution is 0.138. The van der Waals surface area contributed by atoms with Gasteiger partial charge in [-0.3, -0.25) is 0 Å². The molecule has 1 fully saturated rings. The highest BCUT2D eigenvalue weighted by Crippen LogP contribution is 2.24. The summed E-state index contributed by atoms with van der Waals surface area (Å²) in [5.41, 5.74) is 2.22. The van der Waals surface area contributed by atoms with E-state index in [1.165, 1.54) is 5.69 Å². The summed E-state index contributed by atoms with van der Waals surface area (Å²) in [4.78, 5) is 14.2. The Kier molecular flexibility index (Phi) is 5.75. The van der Waals surface area contributed by atoms with Gasteiger partial charge in [0, 0.05) is 29.8 Å². The molecule has 24 heavy (non-hydrogen) atoms. The van der Waals surface area contributed by atoms with Gasteiger partial charge in [-0.1, -0.05) is 46.3 Å². The molecule has 5 heteroatoms. The molecule has 0 radical (unpaired) electrons. The van der Waals surface area contributed by atoms with Crippen LogP contribution in [-0.2, 0) is 11.3 Å². The molecule has 2 aromatic carbocycles. The molecule has 126 valence electrons. The highest BCUT2D eigenvalue weighted by molar-refractivity contribution is 9.10. The summed E-state index contributed by atoms with van der Waals surface area (Å²) in [7, 11) is 0. The maximum Gasteiger partial charge on any atom is 0.407 e. The van der Waals surface area contributed by atoms with Crippen molar-refractivity contribution in [1.82, 2.24) is 5.32 Å². The molecule has 3 rings (SSSR count). The molecule has 0 aromatic heterocycles. The monoisotopic (exact) mass is 388 g/mol. The number of nitrogens with zero attached hydrogens (tertiary/aromatic N) is 1. The van der Waals surface area contributed by atoms with E-state index in [-0.39, 0.29) is 6.09 Å². The number of carbonyl (C=O) groups excluding carboxylic acids is 1. The average molecular weight is 389 g/mol. The molecule has 0 spiro atoms. The van der Waals surface area contributed by atoms with Crippen molar-refractivity contribution in [1.29, 1.82) is 0 Å². The summed E-state index contributed by atoms with van der Waals surface area (Å²) < 4.78 is 6.33. The van der Waals surface area contributed by atoms with Crippen molar-refractivity contribution in [3.63, 3.8) is 0 Å². The highest BCUT2D eigenvalue weighted by atomic mass is 79.9. The van der Waals surface area contributed by atoms with Crippen molar-refractivity contribution in [3.8, 4) is 0 Å². The number of halogens is 1. The van der Waals surface area contributed by atoms with E-state index in [1.807, 2.05) is 30.3 Å². The summed E-state index contributed by atoms with van der Waals surface area (Å²) in [6.07, 6.45) is 0.732. The maximum absolute atomic E-state index is 11.8. The molecule has 2 aromatic rings. The second-order valence-corrected chi connectivity index (χ2v) is 6.94. The molecule has 1 amide bonds. The van der Waals surface area contributed by atoms with E-state index in [0.717, 1.165) is 29.5 Å². The number of hydrogen-bond acceptors (Lipinski definition) is 3. The normalized spacial score (nSPS) is 16.9. The number of hydrogen-bond donors (Lipinski definition) is 1. The van der Waals surface area contributed by atoms with Gasteiger partial charge in [0.1, 0.15) is 6.61 Å². The number of carbonyl (C=O) groups is 1. The van der Waals surface area contributed by atoms with E-state index in [2.05, 4.69) is 50.4 Å². The Bertz CT molecular complexity index is 661. The zero-order valence-electron chi connectivity index (χ0n) is 13.5. The average Bonchev–Trinajstić information content (AvgIpc) is 3.09. The van der Waals surface area contributed by atoms with Gasteiger partial charge in [0.2, 0.25) is 0 Å². The zero-order chi connectivity index (χ0) is 16.8. The van der Waals surface area contributed by atoms with Crippen LogP contribution in [0.1, 0.15) is 12.0 Å². The number of alkyl carbamates (subject to hydrolysis) is 1. The number of ether oxygens (including phenoxy) is 1. The first-order valence-corrected chi connectivity index (χ1v) is 8.95. The lowest BCUT2D eigenvalue weighted by atomic mass is 10.1. The van der Waals surface area contributed by atoms with Crippen molar-refractivity contribution in [2.45, 2.75) is 13.0 Å². The van der Waals surface area contributed by atoms with Gasteiger partial charge in [0.15, 0.2) is 0 Å². The molecule has 1 N–H and O–H groups in total. The fraction of sp³-hybridized carbons (Fsp3) is 0.316. The van der Waals surface area contributed by atoms with Crippen LogP contribution in [0.5, 0.6) is 0 Å². The van der Waals surface area contributed by atoms with Crippen LogP contribution in [0.4, 0.5) is 10.5 Å². The third kappa shape index (κ3) is 4.74. The molecule has 1 unspecified atom stereocenters. The second kappa shape index (κ2) is 8.20. The number of anilines is 1. The Morgan fingerprint density at radius 1 is 1.17 bits per heavy atom. The lowest BCUT2D eigenvalue weighted by Crippen LogP contribution is -2.31. The molecule has 1 saturated heterocycles. The predicted molar refractivity (Wildman–Crippen MR) is 99.1 cm³/mol. The van der Waals surface area contributed by atoms with Gasteiger partial charge >= 0.3 is 6.09 Å². The minimum atomic E-state index is -0.346. The number of amides is 1. The Labute approximate surface area is 150 Å². The largest absolute Gasteiger partial charge is 0.445 e. The SMILES string of the molecule is O=C(NCC1CCN(c2ccc(Br)cc2)C1)OCc1ccccc1. The fourth-order valence-electron chi connectivity index (χ4n) is 2.89. The molecule has 0 saturated carbocycles. The third-order valence-electron chi connectivity index (χ3n) is 4.23. The van der Waals surface area contributed by atoms with Gasteiger partial charge in [-0.05, 0) is 42.2 Å². The van der Waals surface area contributed by atoms with Crippen molar-refractivity contribution >= 4 is 27.7 Å². The summed E-state index contributed by atoms with van der Waals surface area (Å²) in [6, 6.07) is 18.1. The van der Waals surface area contributed by atoms with Crippen molar-refractivity contribution in [2.24, 2.45) is 5.92 Å². The first-order valence-electron chi connectivity index (χ1n) is 8.16. The van der Waals surface area contributed by atoms with Crippen molar-refractivity contribution in [3.05, 3.63) is 64.6 Å². The maximum atomic E-state index is 11.8. The molecule has 0 bridgehead atoms. The second-order valence-electron chi connectivity index (χ2n) is 6.02. The molecule has 1 aliphatic rings. The molecule has 1 heterocycles. The van der Waals surface area contributed by atoms with Crippen LogP contribution in [0.25, 0.3) is 0 Å². The van der Waals surface area contributed by atoms with E-state index in [4.69, 9.17) is 4.74 Å².